The molecule has 18 heavy (non-hydrogen) atoms. The Kier molecular flexibility index (Phi) is 6.82. The first-order valence-electron chi connectivity index (χ1n) is 6.41. The molecule has 1 aromatic rings. The SMILES string of the molecule is CCN(CC)CCC(O)Cc1cc(Br)ccc1F. The Bertz CT molecular complexity index is 369. The van der Waals surface area contributed by atoms with E-state index in [1.807, 2.05) is 0 Å². The molecule has 0 amide bonds. The van der Waals surface area contributed by atoms with E-state index in [9.17, 15) is 9.50 Å². The summed E-state index contributed by atoms with van der Waals surface area (Å²) in [5, 5.41) is 9.95. The van der Waals surface area contributed by atoms with Gasteiger partial charge in [-0.15, -0.1) is 0 Å². The summed E-state index contributed by atoms with van der Waals surface area (Å²) in [7, 11) is 0. The maximum absolute atomic E-state index is 13.5. The maximum atomic E-state index is 13.5. The second kappa shape index (κ2) is 7.87. The average Bonchev–Trinajstić information content (AvgIpc) is 2.35. The number of rotatable bonds is 7. The molecule has 0 bridgehead atoms. The highest BCUT2D eigenvalue weighted by Gasteiger charge is 2.11. The van der Waals surface area contributed by atoms with Crippen LogP contribution in [0.15, 0.2) is 22.7 Å². The molecule has 1 rings (SSSR count). The molecule has 2 nitrogen and oxygen atoms in total. The lowest BCUT2D eigenvalue weighted by molar-refractivity contribution is 0.143. The third-order valence-electron chi connectivity index (χ3n) is 3.14. The van der Waals surface area contributed by atoms with Gasteiger partial charge in [-0.05, 0) is 43.3 Å². The highest BCUT2D eigenvalue weighted by atomic mass is 79.9. The van der Waals surface area contributed by atoms with Gasteiger partial charge in [0.15, 0.2) is 0 Å². The minimum absolute atomic E-state index is 0.250. The highest BCUT2D eigenvalue weighted by molar-refractivity contribution is 9.10. The van der Waals surface area contributed by atoms with Gasteiger partial charge in [0.05, 0.1) is 6.10 Å². The van der Waals surface area contributed by atoms with Crippen LogP contribution < -0.4 is 0 Å². The van der Waals surface area contributed by atoms with Crippen LogP contribution in [0.2, 0.25) is 0 Å². The topological polar surface area (TPSA) is 23.5 Å². The molecule has 1 atom stereocenters. The van der Waals surface area contributed by atoms with E-state index in [-0.39, 0.29) is 5.82 Å². The Morgan fingerprint density at radius 3 is 2.61 bits per heavy atom. The molecule has 0 radical (unpaired) electrons. The zero-order valence-corrected chi connectivity index (χ0v) is 12.6. The number of hydrogen-bond acceptors (Lipinski definition) is 2. The molecule has 1 N–H and O–H groups in total. The van der Waals surface area contributed by atoms with E-state index >= 15 is 0 Å². The lowest BCUT2D eigenvalue weighted by Crippen LogP contribution is -2.27. The van der Waals surface area contributed by atoms with E-state index in [4.69, 9.17) is 0 Å². The molecule has 0 fully saturated rings. The van der Waals surface area contributed by atoms with Crippen molar-refractivity contribution in [1.29, 1.82) is 0 Å². The van der Waals surface area contributed by atoms with Crippen molar-refractivity contribution < 1.29 is 9.50 Å². The van der Waals surface area contributed by atoms with Crippen LogP contribution in [-0.4, -0.2) is 35.7 Å². The second-order valence-corrected chi connectivity index (χ2v) is 5.32. The van der Waals surface area contributed by atoms with Gasteiger partial charge in [0.25, 0.3) is 0 Å². The van der Waals surface area contributed by atoms with Crippen molar-refractivity contribution in [3.63, 3.8) is 0 Å². The van der Waals surface area contributed by atoms with Crippen molar-refractivity contribution in [3.05, 3.63) is 34.1 Å². The summed E-state index contributed by atoms with van der Waals surface area (Å²) in [6, 6.07) is 4.83. The first kappa shape index (κ1) is 15.6. The zero-order valence-electron chi connectivity index (χ0n) is 11.0. The summed E-state index contributed by atoms with van der Waals surface area (Å²) in [6.45, 7) is 7.01. The van der Waals surface area contributed by atoms with Gasteiger partial charge in [-0.1, -0.05) is 29.8 Å². The van der Waals surface area contributed by atoms with Gasteiger partial charge < -0.3 is 10.0 Å². The molecule has 0 saturated heterocycles. The Morgan fingerprint density at radius 2 is 2.00 bits per heavy atom. The Morgan fingerprint density at radius 1 is 1.33 bits per heavy atom. The molecule has 0 aliphatic carbocycles. The van der Waals surface area contributed by atoms with Gasteiger partial charge in [-0.25, -0.2) is 4.39 Å². The van der Waals surface area contributed by atoms with Crippen molar-refractivity contribution in [2.75, 3.05) is 19.6 Å². The van der Waals surface area contributed by atoms with Crippen LogP contribution in [0.25, 0.3) is 0 Å². The van der Waals surface area contributed by atoms with Gasteiger partial charge in [0, 0.05) is 17.4 Å². The molecule has 0 aliphatic heterocycles. The summed E-state index contributed by atoms with van der Waals surface area (Å²) in [5.41, 5.74) is 0.566. The molecular formula is C14H21BrFNO. The molecule has 0 saturated carbocycles. The minimum Gasteiger partial charge on any atom is -0.393 e. The number of halogens is 2. The van der Waals surface area contributed by atoms with E-state index in [2.05, 4.69) is 34.7 Å². The Hall–Kier alpha value is -0.450. The van der Waals surface area contributed by atoms with Crippen molar-refractivity contribution in [2.24, 2.45) is 0 Å². The van der Waals surface area contributed by atoms with Crippen molar-refractivity contribution in [2.45, 2.75) is 32.8 Å². The van der Waals surface area contributed by atoms with Gasteiger partial charge in [0.1, 0.15) is 5.82 Å². The highest BCUT2D eigenvalue weighted by Crippen LogP contribution is 2.17. The first-order chi connectivity index (χ1) is 8.56. The van der Waals surface area contributed by atoms with Gasteiger partial charge >= 0.3 is 0 Å². The quantitative estimate of drug-likeness (QED) is 0.834. The smallest absolute Gasteiger partial charge is 0.126 e. The van der Waals surface area contributed by atoms with Crippen molar-refractivity contribution in [1.82, 2.24) is 4.90 Å². The second-order valence-electron chi connectivity index (χ2n) is 4.41. The van der Waals surface area contributed by atoms with Gasteiger partial charge in [-0.2, -0.15) is 0 Å². The molecule has 0 aromatic heterocycles. The fraction of sp³-hybridized carbons (Fsp3) is 0.571. The molecule has 0 heterocycles. The molecular weight excluding hydrogens is 297 g/mol. The number of benzene rings is 1. The minimum atomic E-state index is -0.491. The molecule has 1 unspecified atom stereocenters. The molecule has 0 spiro atoms. The van der Waals surface area contributed by atoms with E-state index in [0.717, 1.165) is 24.1 Å². The molecule has 102 valence electrons. The predicted molar refractivity (Wildman–Crippen MR) is 76.2 cm³/mol. The lowest BCUT2D eigenvalue weighted by Gasteiger charge is -2.20. The van der Waals surface area contributed by atoms with Gasteiger partial charge in [0.2, 0.25) is 0 Å². The summed E-state index contributed by atoms with van der Waals surface area (Å²) < 4.78 is 14.4. The van der Waals surface area contributed by atoms with Crippen LogP contribution in [0.1, 0.15) is 25.8 Å². The van der Waals surface area contributed by atoms with Crippen molar-refractivity contribution in [3.8, 4) is 0 Å². The number of aliphatic hydroxyl groups is 1. The third-order valence-corrected chi connectivity index (χ3v) is 3.63. The van der Waals surface area contributed by atoms with Gasteiger partial charge in [-0.3, -0.25) is 0 Å². The zero-order chi connectivity index (χ0) is 13.5. The fourth-order valence-electron chi connectivity index (χ4n) is 1.93. The van der Waals surface area contributed by atoms with Crippen LogP contribution in [0, 0.1) is 5.82 Å². The van der Waals surface area contributed by atoms with E-state index in [0.29, 0.717) is 18.4 Å². The normalized spacial score (nSPS) is 13.0. The van der Waals surface area contributed by atoms with E-state index in [1.54, 1.807) is 12.1 Å². The predicted octanol–water partition coefficient (Wildman–Crippen LogP) is 3.22. The standard InChI is InChI=1S/C14H21BrFNO/c1-3-17(4-2)8-7-13(18)10-11-9-12(15)5-6-14(11)16/h5-6,9,13,18H,3-4,7-8,10H2,1-2H3. The molecule has 4 heteroatoms. The largest absolute Gasteiger partial charge is 0.393 e. The third kappa shape index (κ3) is 5.04. The Balaban J connectivity index is 2.48. The summed E-state index contributed by atoms with van der Waals surface area (Å²) in [6.07, 6.45) is 0.551. The van der Waals surface area contributed by atoms with Crippen LogP contribution in [-0.2, 0) is 6.42 Å². The molecule has 1 aromatic carbocycles. The van der Waals surface area contributed by atoms with E-state index in [1.165, 1.54) is 6.07 Å². The lowest BCUT2D eigenvalue weighted by atomic mass is 10.0. The monoisotopic (exact) mass is 317 g/mol. The Labute approximate surface area is 117 Å². The fourth-order valence-corrected chi connectivity index (χ4v) is 2.34. The van der Waals surface area contributed by atoms with Crippen LogP contribution in [0.4, 0.5) is 4.39 Å². The van der Waals surface area contributed by atoms with Crippen molar-refractivity contribution >= 4 is 15.9 Å². The summed E-state index contributed by atoms with van der Waals surface area (Å²) in [4.78, 5) is 2.25. The number of nitrogens with zero attached hydrogens (tertiary/aromatic N) is 1. The van der Waals surface area contributed by atoms with Crippen LogP contribution in [0.5, 0.6) is 0 Å². The number of hydrogen-bond donors (Lipinski definition) is 1. The number of aliphatic hydroxyl groups excluding tert-OH is 1. The van der Waals surface area contributed by atoms with Crippen LogP contribution in [0.3, 0.4) is 0 Å². The first-order valence-corrected chi connectivity index (χ1v) is 7.20. The summed E-state index contributed by atoms with van der Waals surface area (Å²) in [5.74, 6) is -0.250. The van der Waals surface area contributed by atoms with Crippen LogP contribution >= 0.6 is 15.9 Å². The van der Waals surface area contributed by atoms with E-state index < -0.39 is 6.10 Å². The maximum Gasteiger partial charge on any atom is 0.126 e. The summed E-state index contributed by atoms with van der Waals surface area (Å²) >= 11 is 3.31. The average molecular weight is 318 g/mol. The molecule has 0 aliphatic rings.